The van der Waals surface area contributed by atoms with Gasteiger partial charge in [-0.2, -0.15) is 0 Å². The molecule has 1 aliphatic carbocycles. The Bertz CT molecular complexity index is 549. The Morgan fingerprint density at radius 2 is 2.28 bits per heavy atom. The van der Waals surface area contributed by atoms with Gasteiger partial charge in [-0.05, 0) is 55.4 Å². The van der Waals surface area contributed by atoms with Crippen LogP contribution in [-0.4, -0.2) is 16.6 Å². The Hall–Kier alpha value is -1.26. The molecule has 3 nitrogen and oxygen atoms in total. The van der Waals surface area contributed by atoms with Crippen molar-refractivity contribution in [3.8, 4) is 0 Å². The van der Waals surface area contributed by atoms with Crippen LogP contribution in [0.15, 0.2) is 24.3 Å². The monoisotopic (exact) mass is 259 g/mol. The molecule has 18 heavy (non-hydrogen) atoms. The van der Waals surface area contributed by atoms with Crippen LogP contribution in [0.25, 0.3) is 0 Å². The minimum absolute atomic E-state index is 0.378. The highest BCUT2D eigenvalue weighted by atomic mass is 32.1. The highest BCUT2D eigenvalue weighted by Gasteiger charge is 2.29. The maximum absolute atomic E-state index is 4.11. The number of rotatable bonds is 4. The van der Waals surface area contributed by atoms with Crippen molar-refractivity contribution in [2.24, 2.45) is 0 Å². The topological polar surface area (TPSA) is 37.8 Å². The maximum Gasteiger partial charge on any atom is 0.0772 e. The van der Waals surface area contributed by atoms with Crippen molar-refractivity contribution in [2.45, 2.75) is 31.7 Å². The summed E-state index contributed by atoms with van der Waals surface area (Å²) in [5.41, 5.74) is 4.09. The summed E-state index contributed by atoms with van der Waals surface area (Å²) in [6.07, 6.45) is 2.35. The molecule has 1 aromatic carbocycles. The molecule has 1 aliphatic rings. The summed E-state index contributed by atoms with van der Waals surface area (Å²) in [4.78, 5) is 1.28. The molecular formula is C14H17N3S. The van der Waals surface area contributed by atoms with E-state index in [1.54, 1.807) is 0 Å². The summed E-state index contributed by atoms with van der Waals surface area (Å²) in [6.45, 7) is 2.04. The lowest BCUT2D eigenvalue weighted by molar-refractivity contribution is 0.455. The zero-order chi connectivity index (χ0) is 12.5. The largest absolute Gasteiger partial charge is 0.312 e. The molecule has 1 N–H and O–H groups in total. The summed E-state index contributed by atoms with van der Waals surface area (Å²) in [5, 5.41) is 7.52. The van der Waals surface area contributed by atoms with Gasteiger partial charge in [-0.3, -0.25) is 0 Å². The van der Waals surface area contributed by atoms with Gasteiger partial charge in [-0.25, -0.2) is 0 Å². The van der Waals surface area contributed by atoms with E-state index < -0.39 is 0 Å². The van der Waals surface area contributed by atoms with Crippen LogP contribution in [0.4, 0.5) is 0 Å². The molecule has 2 unspecified atom stereocenters. The van der Waals surface area contributed by atoms with E-state index in [0.29, 0.717) is 12.0 Å². The van der Waals surface area contributed by atoms with E-state index in [9.17, 15) is 0 Å². The van der Waals surface area contributed by atoms with E-state index >= 15 is 0 Å². The minimum Gasteiger partial charge on any atom is -0.312 e. The van der Waals surface area contributed by atoms with Crippen molar-refractivity contribution in [3.05, 3.63) is 46.0 Å². The van der Waals surface area contributed by atoms with Gasteiger partial charge in [0.15, 0.2) is 0 Å². The summed E-state index contributed by atoms with van der Waals surface area (Å²) >= 11 is 1.52. The predicted octanol–water partition coefficient (Wildman–Crippen LogP) is 2.84. The van der Waals surface area contributed by atoms with Gasteiger partial charge in [-0.15, -0.1) is 5.10 Å². The Morgan fingerprint density at radius 3 is 2.94 bits per heavy atom. The number of aromatic nitrogens is 2. The lowest BCUT2D eigenvalue weighted by Crippen LogP contribution is -2.24. The SMILES string of the molecule is CNC(CC1Cc2ccccc21)c1snnc1C. The maximum atomic E-state index is 4.11. The number of nitrogens with zero attached hydrogens (tertiary/aromatic N) is 2. The van der Waals surface area contributed by atoms with Gasteiger partial charge >= 0.3 is 0 Å². The van der Waals surface area contributed by atoms with Crippen LogP contribution in [0.5, 0.6) is 0 Å². The Kier molecular flexibility index (Phi) is 3.14. The second-order valence-electron chi connectivity index (χ2n) is 4.90. The molecule has 94 valence electrons. The molecule has 2 atom stereocenters. The molecule has 3 rings (SSSR count). The summed E-state index contributed by atoms with van der Waals surface area (Å²) < 4.78 is 4.04. The van der Waals surface area contributed by atoms with Gasteiger partial charge < -0.3 is 5.32 Å². The van der Waals surface area contributed by atoms with Gasteiger partial charge in [0.2, 0.25) is 0 Å². The van der Waals surface area contributed by atoms with E-state index in [1.165, 1.54) is 34.0 Å². The normalized spacial score (nSPS) is 19.1. The van der Waals surface area contributed by atoms with Crippen molar-refractivity contribution in [3.63, 3.8) is 0 Å². The van der Waals surface area contributed by atoms with E-state index in [-0.39, 0.29) is 0 Å². The molecule has 0 aliphatic heterocycles. The molecule has 0 fully saturated rings. The number of fused-ring (bicyclic) bond motifs is 1. The number of nitrogens with one attached hydrogen (secondary N) is 1. The summed E-state index contributed by atoms with van der Waals surface area (Å²) in [6, 6.07) is 9.14. The van der Waals surface area contributed by atoms with Crippen LogP contribution in [0.1, 0.15) is 40.1 Å². The van der Waals surface area contributed by atoms with Crippen LogP contribution in [0.3, 0.4) is 0 Å². The van der Waals surface area contributed by atoms with Crippen molar-refractivity contribution < 1.29 is 0 Å². The highest BCUT2D eigenvalue weighted by molar-refractivity contribution is 7.05. The molecule has 0 amide bonds. The highest BCUT2D eigenvalue weighted by Crippen LogP contribution is 2.41. The standard InChI is InChI=1S/C14H17N3S/c1-9-14(18-17-16-9)13(15-2)8-11-7-10-5-3-4-6-12(10)11/h3-6,11,13,15H,7-8H2,1-2H3. The van der Waals surface area contributed by atoms with Crippen molar-refractivity contribution in [1.29, 1.82) is 0 Å². The average molecular weight is 259 g/mol. The molecule has 0 radical (unpaired) electrons. The average Bonchev–Trinajstić information content (AvgIpc) is 2.77. The van der Waals surface area contributed by atoms with E-state index in [4.69, 9.17) is 0 Å². The summed E-state index contributed by atoms with van der Waals surface area (Å²) in [5.74, 6) is 0.681. The van der Waals surface area contributed by atoms with Crippen LogP contribution >= 0.6 is 11.5 Å². The smallest absolute Gasteiger partial charge is 0.0772 e. The molecule has 1 heterocycles. The molecule has 0 saturated carbocycles. The Labute approximate surface area is 111 Å². The van der Waals surface area contributed by atoms with Crippen molar-refractivity contribution in [2.75, 3.05) is 7.05 Å². The third-order valence-corrected chi connectivity index (χ3v) is 4.77. The van der Waals surface area contributed by atoms with Gasteiger partial charge in [-0.1, -0.05) is 28.8 Å². The summed E-state index contributed by atoms with van der Waals surface area (Å²) in [7, 11) is 2.02. The Balaban J connectivity index is 1.76. The zero-order valence-electron chi connectivity index (χ0n) is 10.7. The number of hydrogen-bond acceptors (Lipinski definition) is 4. The third-order valence-electron chi connectivity index (χ3n) is 3.83. The molecular weight excluding hydrogens is 242 g/mol. The van der Waals surface area contributed by atoms with E-state index in [2.05, 4.69) is 39.2 Å². The fraction of sp³-hybridized carbons (Fsp3) is 0.429. The first-order valence-electron chi connectivity index (χ1n) is 6.33. The second kappa shape index (κ2) is 4.78. The number of benzene rings is 1. The third kappa shape index (κ3) is 1.95. The molecule has 4 heteroatoms. The van der Waals surface area contributed by atoms with Crippen LogP contribution < -0.4 is 5.32 Å². The van der Waals surface area contributed by atoms with Gasteiger partial charge in [0.25, 0.3) is 0 Å². The fourth-order valence-electron chi connectivity index (χ4n) is 2.77. The first kappa shape index (κ1) is 11.8. The van der Waals surface area contributed by atoms with Crippen LogP contribution in [-0.2, 0) is 6.42 Å². The Morgan fingerprint density at radius 1 is 1.44 bits per heavy atom. The van der Waals surface area contributed by atoms with Crippen molar-refractivity contribution >= 4 is 11.5 Å². The lowest BCUT2D eigenvalue weighted by Gasteiger charge is -2.32. The number of aryl methyl sites for hydroxylation is 1. The predicted molar refractivity (Wildman–Crippen MR) is 74.0 cm³/mol. The minimum atomic E-state index is 0.378. The van der Waals surface area contributed by atoms with Crippen LogP contribution in [0, 0.1) is 6.92 Å². The van der Waals surface area contributed by atoms with Crippen molar-refractivity contribution in [1.82, 2.24) is 14.9 Å². The fourth-order valence-corrected chi connectivity index (χ4v) is 3.54. The molecule has 0 bridgehead atoms. The number of hydrogen-bond donors (Lipinski definition) is 1. The quantitative estimate of drug-likeness (QED) is 0.917. The second-order valence-corrected chi connectivity index (χ2v) is 5.69. The van der Waals surface area contributed by atoms with E-state index in [0.717, 1.165) is 12.1 Å². The molecule has 0 saturated heterocycles. The molecule has 1 aromatic heterocycles. The van der Waals surface area contributed by atoms with Crippen LogP contribution in [0.2, 0.25) is 0 Å². The molecule has 2 aromatic rings. The van der Waals surface area contributed by atoms with Gasteiger partial charge in [0, 0.05) is 6.04 Å². The van der Waals surface area contributed by atoms with E-state index in [1.807, 2.05) is 14.0 Å². The van der Waals surface area contributed by atoms with Gasteiger partial charge in [0.1, 0.15) is 0 Å². The van der Waals surface area contributed by atoms with Gasteiger partial charge in [0.05, 0.1) is 10.6 Å². The first-order chi connectivity index (χ1) is 8.79. The lowest BCUT2D eigenvalue weighted by atomic mass is 9.74. The molecule has 0 spiro atoms. The zero-order valence-corrected chi connectivity index (χ0v) is 11.5. The first-order valence-corrected chi connectivity index (χ1v) is 7.11.